The molecule has 1 saturated carbocycles. The van der Waals surface area contributed by atoms with Crippen molar-refractivity contribution in [3.05, 3.63) is 24.0 Å². The third kappa shape index (κ3) is 2.79. The van der Waals surface area contributed by atoms with Crippen molar-refractivity contribution in [2.45, 2.75) is 25.3 Å². The zero-order valence-corrected chi connectivity index (χ0v) is 10.7. The molecule has 100 valence electrons. The van der Waals surface area contributed by atoms with Gasteiger partial charge in [-0.2, -0.15) is 5.10 Å². The summed E-state index contributed by atoms with van der Waals surface area (Å²) in [6.07, 6.45) is 3.96. The van der Waals surface area contributed by atoms with Gasteiger partial charge < -0.3 is 10.7 Å². The normalized spacial score (nSPS) is 14.4. The summed E-state index contributed by atoms with van der Waals surface area (Å²) in [5.41, 5.74) is 2.57. The van der Waals surface area contributed by atoms with Crippen LogP contribution >= 0.6 is 0 Å². The molecule has 4 N–H and O–H groups in total. The van der Waals surface area contributed by atoms with Crippen LogP contribution in [0.1, 0.15) is 30.4 Å². The van der Waals surface area contributed by atoms with Gasteiger partial charge in [-0.3, -0.25) is 4.68 Å². The minimum absolute atomic E-state index is 0.474. The maximum atomic E-state index is 5.42. The molecule has 8 heteroatoms. The highest BCUT2D eigenvalue weighted by molar-refractivity contribution is 5.47. The molecule has 0 radical (unpaired) electrons. The van der Waals surface area contributed by atoms with Crippen LogP contribution in [0, 0.1) is 0 Å². The summed E-state index contributed by atoms with van der Waals surface area (Å²) in [5.74, 6) is 8.81. The zero-order chi connectivity index (χ0) is 13.2. The van der Waals surface area contributed by atoms with Crippen LogP contribution < -0.4 is 16.6 Å². The van der Waals surface area contributed by atoms with Crippen LogP contribution in [-0.2, 0) is 13.6 Å². The Morgan fingerprint density at radius 3 is 2.79 bits per heavy atom. The van der Waals surface area contributed by atoms with Crippen LogP contribution in [0.4, 0.5) is 11.6 Å². The van der Waals surface area contributed by atoms with Crippen LogP contribution in [0.15, 0.2) is 12.4 Å². The maximum absolute atomic E-state index is 5.42. The van der Waals surface area contributed by atoms with E-state index in [0.29, 0.717) is 18.3 Å². The average Bonchev–Trinajstić information content (AvgIpc) is 3.19. The lowest BCUT2D eigenvalue weighted by atomic mass is 10.3. The van der Waals surface area contributed by atoms with Crippen LogP contribution in [-0.4, -0.2) is 24.7 Å². The molecule has 0 unspecified atom stereocenters. The number of hydrogen-bond acceptors (Lipinski definition) is 7. The van der Waals surface area contributed by atoms with Gasteiger partial charge in [-0.1, -0.05) is 0 Å². The number of nitrogens with two attached hydrogens (primary N) is 1. The monoisotopic (exact) mass is 260 g/mol. The topological polar surface area (TPSA) is 107 Å². The summed E-state index contributed by atoms with van der Waals surface area (Å²) < 4.78 is 1.67. The van der Waals surface area contributed by atoms with E-state index in [1.807, 2.05) is 7.05 Å². The maximum Gasteiger partial charge on any atom is 0.169 e. The minimum Gasteiger partial charge on any atom is -0.363 e. The summed E-state index contributed by atoms with van der Waals surface area (Å²) in [6, 6.07) is 1.77. The fourth-order valence-electron chi connectivity index (χ4n) is 1.79. The second kappa shape index (κ2) is 4.81. The van der Waals surface area contributed by atoms with Crippen LogP contribution in [0.2, 0.25) is 0 Å². The first kappa shape index (κ1) is 11.8. The third-order valence-corrected chi connectivity index (χ3v) is 2.91. The fourth-order valence-corrected chi connectivity index (χ4v) is 1.79. The highest BCUT2D eigenvalue weighted by atomic mass is 15.3. The number of nitrogens with zero attached hydrogens (tertiary/aromatic N) is 5. The van der Waals surface area contributed by atoms with E-state index in [9.17, 15) is 0 Å². The molecule has 2 aromatic rings. The molecule has 0 aromatic carbocycles. The highest BCUT2D eigenvalue weighted by Gasteiger charge is 2.27. The van der Waals surface area contributed by atoms with E-state index < -0.39 is 0 Å². The van der Waals surface area contributed by atoms with Gasteiger partial charge in [0, 0.05) is 19.0 Å². The zero-order valence-electron chi connectivity index (χ0n) is 10.7. The minimum atomic E-state index is 0.474. The smallest absolute Gasteiger partial charge is 0.169 e. The summed E-state index contributed by atoms with van der Waals surface area (Å²) in [4.78, 5) is 13.0. The number of aryl methyl sites for hydroxylation is 1. The van der Waals surface area contributed by atoms with Gasteiger partial charge in [0.05, 0.1) is 6.54 Å². The molecule has 2 aromatic heterocycles. The number of hydrogen-bond donors (Lipinski definition) is 3. The Balaban J connectivity index is 1.74. The van der Waals surface area contributed by atoms with Gasteiger partial charge in [0.2, 0.25) is 0 Å². The highest BCUT2D eigenvalue weighted by Crippen LogP contribution is 2.38. The first-order valence-electron chi connectivity index (χ1n) is 6.18. The Morgan fingerprint density at radius 2 is 2.16 bits per heavy atom. The van der Waals surface area contributed by atoms with Gasteiger partial charge in [0.15, 0.2) is 5.82 Å². The lowest BCUT2D eigenvalue weighted by molar-refractivity contribution is 0.746. The standard InChI is InChI=1S/C11H16N8/c1-19-6-14-10(18-19)5-13-8-4-9(17-12)16-11(15-8)7-2-3-7/h4,6-7H,2-3,5,12H2,1H3,(H2,13,15,16,17). The number of anilines is 2. The van der Waals surface area contributed by atoms with E-state index in [0.717, 1.165) is 30.3 Å². The van der Waals surface area contributed by atoms with Crippen molar-refractivity contribution in [1.82, 2.24) is 24.7 Å². The molecular weight excluding hydrogens is 244 g/mol. The Bertz CT molecular complexity index is 574. The lowest BCUT2D eigenvalue weighted by Crippen LogP contribution is -2.12. The molecule has 2 heterocycles. The summed E-state index contributed by atoms with van der Waals surface area (Å²) in [7, 11) is 1.84. The quantitative estimate of drug-likeness (QED) is 0.527. The molecule has 0 saturated heterocycles. The molecule has 8 nitrogen and oxygen atoms in total. The Kier molecular flexibility index (Phi) is 3.00. The predicted molar refractivity (Wildman–Crippen MR) is 70.1 cm³/mol. The fraction of sp³-hybridized carbons (Fsp3) is 0.455. The summed E-state index contributed by atoms with van der Waals surface area (Å²) >= 11 is 0. The molecule has 1 fully saturated rings. The number of nitrogen functional groups attached to an aromatic ring is 1. The number of nitrogens with one attached hydrogen (secondary N) is 2. The van der Waals surface area contributed by atoms with Gasteiger partial charge in [-0.25, -0.2) is 20.8 Å². The molecule has 0 atom stereocenters. The van der Waals surface area contributed by atoms with Crippen LogP contribution in [0.3, 0.4) is 0 Å². The van der Waals surface area contributed by atoms with E-state index in [4.69, 9.17) is 5.84 Å². The van der Waals surface area contributed by atoms with E-state index in [-0.39, 0.29) is 0 Å². The van der Waals surface area contributed by atoms with Gasteiger partial charge in [-0.15, -0.1) is 0 Å². The molecule has 0 bridgehead atoms. The SMILES string of the molecule is Cn1cnc(CNc2cc(NN)nc(C3CC3)n2)n1. The van der Waals surface area contributed by atoms with Crippen molar-refractivity contribution < 1.29 is 0 Å². The molecule has 1 aliphatic rings. The molecular formula is C11H16N8. The Morgan fingerprint density at radius 1 is 1.37 bits per heavy atom. The van der Waals surface area contributed by atoms with Crippen molar-refractivity contribution in [2.24, 2.45) is 12.9 Å². The van der Waals surface area contributed by atoms with Gasteiger partial charge in [0.25, 0.3) is 0 Å². The van der Waals surface area contributed by atoms with Crippen molar-refractivity contribution >= 4 is 11.6 Å². The van der Waals surface area contributed by atoms with Crippen molar-refractivity contribution in [1.29, 1.82) is 0 Å². The molecule has 19 heavy (non-hydrogen) atoms. The van der Waals surface area contributed by atoms with Crippen molar-refractivity contribution in [3.63, 3.8) is 0 Å². The number of rotatable bonds is 5. The van der Waals surface area contributed by atoms with E-state index in [1.165, 1.54) is 0 Å². The molecule has 0 spiro atoms. The second-order valence-electron chi connectivity index (χ2n) is 4.60. The first-order valence-corrected chi connectivity index (χ1v) is 6.18. The molecule has 0 aliphatic heterocycles. The summed E-state index contributed by atoms with van der Waals surface area (Å²) in [5, 5.41) is 7.38. The summed E-state index contributed by atoms with van der Waals surface area (Å²) in [6.45, 7) is 0.520. The number of hydrazine groups is 1. The predicted octanol–water partition coefficient (Wildman–Crippen LogP) is 0.380. The Hall–Kier alpha value is -2.22. The largest absolute Gasteiger partial charge is 0.363 e. The van der Waals surface area contributed by atoms with E-state index >= 15 is 0 Å². The molecule has 3 rings (SSSR count). The average molecular weight is 260 g/mol. The van der Waals surface area contributed by atoms with Gasteiger partial charge in [0.1, 0.15) is 23.8 Å². The molecule has 0 amide bonds. The molecule has 1 aliphatic carbocycles. The third-order valence-electron chi connectivity index (χ3n) is 2.91. The van der Waals surface area contributed by atoms with Crippen molar-refractivity contribution in [2.75, 3.05) is 10.7 Å². The second-order valence-corrected chi connectivity index (χ2v) is 4.60. The van der Waals surface area contributed by atoms with Gasteiger partial charge in [-0.05, 0) is 12.8 Å². The van der Waals surface area contributed by atoms with Gasteiger partial charge >= 0.3 is 0 Å². The van der Waals surface area contributed by atoms with E-state index in [1.54, 1.807) is 17.1 Å². The van der Waals surface area contributed by atoms with Crippen LogP contribution in [0.25, 0.3) is 0 Å². The van der Waals surface area contributed by atoms with Crippen LogP contribution in [0.5, 0.6) is 0 Å². The number of aromatic nitrogens is 5. The first-order chi connectivity index (χ1) is 9.24. The van der Waals surface area contributed by atoms with Crippen molar-refractivity contribution in [3.8, 4) is 0 Å². The Labute approximate surface area is 110 Å². The van der Waals surface area contributed by atoms with E-state index in [2.05, 4.69) is 30.8 Å². The lowest BCUT2D eigenvalue weighted by Gasteiger charge is -2.08.